The minimum atomic E-state index is -0.396. The highest BCUT2D eigenvalue weighted by Crippen LogP contribution is 2.24. The maximum atomic E-state index is 9.99. The van der Waals surface area contributed by atoms with Crippen LogP contribution < -0.4 is 10.1 Å². The van der Waals surface area contributed by atoms with Gasteiger partial charge in [-0.2, -0.15) is 0 Å². The van der Waals surface area contributed by atoms with Crippen LogP contribution in [0.15, 0.2) is 22.7 Å². The molecule has 0 aliphatic rings. The standard InChI is InChI=1S/C14H22BrNO2/c1-10(2)8-16-9-13(17)7-11-6-12(15)4-5-14(11)18-3/h4-6,10,13,16-17H,7-9H2,1-3H3. The molecular weight excluding hydrogens is 294 g/mol. The molecule has 1 atom stereocenters. The molecule has 1 aromatic rings. The van der Waals surface area contributed by atoms with E-state index in [4.69, 9.17) is 4.74 Å². The second-order valence-corrected chi connectivity index (χ2v) is 5.78. The third-order valence-electron chi connectivity index (χ3n) is 2.63. The van der Waals surface area contributed by atoms with Crippen LogP contribution in [0.3, 0.4) is 0 Å². The summed E-state index contributed by atoms with van der Waals surface area (Å²) in [6.07, 6.45) is 0.195. The Morgan fingerprint density at radius 3 is 2.67 bits per heavy atom. The van der Waals surface area contributed by atoms with Crippen molar-refractivity contribution in [1.29, 1.82) is 0 Å². The maximum Gasteiger partial charge on any atom is 0.122 e. The molecule has 102 valence electrons. The Kier molecular flexibility index (Phi) is 6.68. The topological polar surface area (TPSA) is 41.5 Å². The number of aliphatic hydroxyl groups is 1. The first-order chi connectivity index (χ1) is 8.52. The highest BCUT2D eigenvalue weighted by Gasteiger charge is 2.10. The first-order valence-electron chi connectivity index (χ1n) is 6.24. The van der Waals surface area contributed by atoms with E-state index in [2.05, 4.69) is 35.1 Å². The Balaban J connectivity index is 2.52. The third-order valence-corrected chi connectivity index (χ3v) is 3.12. The average molecular weight is 316 g/mol. The summed E-state index contributed by atoms with van der Waals surface area (Å²) in [6.45, 7) is 5.83. The average Bonchev–Trinajstić information content (AvgIpc) is 2.28. The number of hydrogen-bond acceptors (Lipinski definition) is 3. The molecule has 0 saturated heterocycles. The smallest absolute Gasteiger partial charge is 0.122 e. The number of rotatable bonds is 7. The van der Waals surface area contributed by atoms with E-state index in [1.54, 1.807) is 7.11 Å². The van der Waals surface area contributed by atoms with Gasteiger partial charge >= 0.3 is 0 Å². The van der Waals surface area contributed by atoms with Crippen LogP contribution >= 0.6 is 15.9 Å². The molecule has 0 aromatic heterocycles. The van der Waals surface area contributed by atoms with Crippen molar-refractivity contribution < 1.29 is 9.84 Å². The highest BCUT2D eigenvalue weighted by atomic mass is 79.9. The van der Waals surface area contributed by atoms with E-state index in [1.807, 2.05) is 18.2 Å². The van der Waals surface area contributed by atoms with Crippen molar-refractivity contribution in [3.8, 4) is 5.75 Å². The van der Waals surface area contributed by atoms with Gasteiger partial charge in [-0.3, -0.25) is 0 Å². The molecule has 0 radical (unpaired) electrons. The SMILES string of the molecule is COc1ccc(Br)cc1CC(O)CNCC(C)C. The van der Waals surface area contributed by atoms with Crippen LogP contribution in [-0.2, 0) is 6.42 Å². The molecule has 4 heteroatoms. The Morgan fingerprint density at radius 1 is 1.33 bits per heavy atom. The summed E-state index contributed by atoms with van der Waals surface area (Å²) in [5.41, 5.74) is 1.02. The molecular formula is C14H22BrNO2. The molecule has 0 aliphatic carbocycles. The van der Waals surface area contributed by atoms with Crippen LogP contribution in [0, 0.1) is 5.92 Å². The Labute approximate surface area is 118 Å². The fourth-order valence-corrected chi connectivity index (χ4v) is 2.18. The summed E-state index contributed by atoms with van der Waals surface area (Å²) in [6, 6.07) is 5.84. The van der Waals surface area contributed by atoms with Crippen molar-refractivity contribution in [2.75, 3.05) is 20.2 Å². The largest absolute Gasteiger partial charge is 0.496 e. The summed E-state index contributed by atoms with van der Waals surface area (Å²) < 4.78 is 6.29. The van der Waals surface area contributed by atoms with Crippen LogP contribution in [0.1, 0.15) is 19.4 Å². The van der Waals surface area contributed by atoms with E-state index in [9.17, 15) is 5.11 Å². The highest BCUT2D eigenvalue weighted by molar-refractivity contribution is 9.10. The van der Waals surface area contributed by atoms with Gasteiger partial charge in [-0.05, 0) is 36.2 Å². The van der Waals surface area contributed by atoms with E-state index in [0.29, 0.717) is 18.9 Å². The summed E-state index contributed by atoms with van der Waals surface area (Å²) in [7, 11) is 1.65. The van der Waals surface area contributed by atoms with Gasteiger partial charge in [0.15, 0.2) is 0 Å². The number of methoxy groups -OCH3 is 1. The number of hydrogen-bond donors (Lipinski definition) is 2. The van der Waals surface area contributed by atoms with Crippen molar-refractivity contribution in [3.63, 3.8) is 0 Å². The van der Waals surface area contributed by atoms with Crippen molar-refractivity contribution in [3.05, 3.63) is 28.2 Å². The molecule has 0 bridgehead atoms. The minimum absolute atomic E-state index is 0.396. The van der Waals surface area contributed by atoms with Crippen molar-refractivity contribution in [1.82, 2.24) is 5.32 Å². The van der Waals surface area contributed by atoms with E-state index in [-0.39, 0.29) is 0 Å². The second-order valence-electron chi connectivity index (χ2n) is 4.87. The quantitative estimate of drug-likeness (QED) is 0.812. The lowest BCUT2D eigenvalue weighted by Gasteiger charge is -2.15. The van der Waals surface area contributed by atoms with Gasteiger partial charge in [0.2, 0.25) is 0 Å². The predicted molar refractivity (Wildman–Crippen MR) is 78.1 cm³/mol. The third kappa shape index (κ3) is 5.38. The Bertz CT molecular complexity index is 369. The molecule has 1 aromatic carbocycles. The zero-order valence-corrected chi connectivity index (χ0v) is 12.8. The number of halogens is 1. The van der Waals surface area contributed by atoms with Gasteiger partial charge in [-0.15, -0.1) is 0 Å². The van der Waals surface area contributed by atoms with E-state index in [1.165, 1.54) is 0 Å². The summed E-state index contributed by atoms with van der Waals surface area (Å²) in [5.74, 6) is 1.42. The van der Waals surface area contributed by atoms with Crippen LogP contribution in [0.5, 0.6) is 5.75 Å². The molecule has 0 amide bonds. The minimum Gasteiger partial charge on any atom is -0.496 e. The number of benzene rings is 1. The van der Waals surface area contributed by atoms with Gasteiger partial charge in [0.1, 0.15) is 5.75 Å². The molecule has 0 spiro atoms. The van der Waals surface area contributed by atoms with Crippen molar-refractivity contribution in [2.45, 2.75) is 26.4 Å². The van der Waals surface area contributed by atoms with Crippen molar-refractivity contribution >= 4 is 15.9 Å². The van der Waals surface area contributed by atoms with Gasteiger partial charge in [0, 0.05) is 17.4 Å². The first kappa shape index (κ1) is 15.5. The van der Waals surface area contributed by atoms with Crippen LogP contribution in [0.2, 0.25) is 0 Å². The van der Waals surface area contributed by atoms with Gasteiger partial charge in [0.05, 0.1) is 13.2 Å². The molecule has 0 heterocycles. The monoisotopic (exact) mass is 315 g/mol. The normalized spacial score (nSPS) is 12.8. The maximum absolute atomic E-state index is 9.99. The number of ether oxygens (including phenoxy) is 1. The Morgan fingerprint density at radius 2 is 2.06 bits per heavy atom. The summed E-state index contributed by atoms with van der Waals surface area (Å²) in [5, 5.41) is 13.2. The van der Waals surface area contributed by atoms with Gasteiger partial charge in [-0.1, -0.05) is 29.8 Å². The van der Waals surface area contributed by atoms with E-state index < -0.39 is 6.10 Å². The van der Waals surface area contributed by atoms with Crippen LogP contribution in [-0.4, -0.2) is 31.4 Å². The molecule has 0 aliphatic heterocycles. The first-order valence-corrected chi connectivity index (χ1v) is 7.03. The summed E-state index contributed by atoms with van der Waals surface area (Å²) >= 11 is 3.43. The number of aliphatic hydroxyl groups excluding tert-OH is 1. The van der Waals surface area contributed by atoms with Crippen molar-refractivity contribution in [2.24, 2.45) is 5.92 Å². The van der Waals surface area contributed by atoms with Crippen LogP contribution in [0.25, 0.3) is 0 Å². The molecule has 3 nitrogen and oxygen atoms in total. The summed E-state index contributed by atoms with van der Waals surface area (Å²) in [4.78, 5) is 0. The van der Waals surface area contributed by atoms with Gasteiger partial charge in [-0.25, -0.2) is 0 Å². The lowest BCUT2D eigenvalue weighted by atomic mass is 10.1. The molecule has 2 N–H and O–H groups in total. The fourth-order valence-electron chi connectivity index (χ4n) is 1.77. The second kappa shape index (κ2) is 7.77. The van der Waals surface area contributed by atoms with E-state index in [0.717, 1.165) is 22.3 Å². The molecule has 0 saturated carbocycles. The lowest BCUT2D eigenvalue weighted by Crippen LogP contribution is -2.31. The molecule has 0 fully saturated rings. The van der Waals surface area contributed by atoms with Gasteiger partial charge in [0.25, 0.3) is 0 Å². The molecule has 1 rings (SSSR count). The number of nitrogens with one attached hydrogen (secondary N) is 1. The fraction of sp³-hybridized carbons (Fsp3) is 0.571. The predicted octanol–water partition coefficient (Wildman–Crippen LogP) is 2.61. The van der Waals surface area contributed by atoms with Crippen LogP contribution in [0.4, 0.5) is 0 Å². The van der Waals surface area contributed by atoms with E-state index >= 15 is 0 Å². The zero-order valence-electron chi connectivity index (χ0n) is 11.2. The molecule has 1 unspecified atom stereocenters. The lowest BCUT2D eigenvalue weighted by molar-refractivity contribution is 0.169. The van der Waals surface area contributed by atoms with Gasteiger partial charge < -0.3 is 15.2 Å². The Hall–Kier alpha value is -0.580. The molecule has 18 heavy (non-hydrogen) atoms. The zero-order chi connectivity index (χ0) is 13.5.